The van der Waals surface area contributed by atoms with Gasteiger partial charge in [0.05, 0.1) is 11.3 Å². The number of fused-ring (bicyclic) bond motifs is 1. The van der Waals surface area contributed by atoms with Gasteiger partial charge in [0, 0.05) is 31.2 Å². The zero-order valence-corrected chi connectivity index (χ0v) is 15.8. The van der Waals surface area contributed by atoms with Gasteiger partial charge in [0.2, 0.25) is 21.8 Å². The van der Waals surface area contributed by atoms with Crippen molar-refractivity contribution < 1.29 is 18.0 Å². The van der Waals surface area contributed by atoms with Crippen LogP contribution in [-0.4, -0.2) is 44.2 Å². The first kappa shape index (κ1) is 18.8. The SMILES string of the molecule is CCCCNC(=O)C1CCN(S(=O)(=O)c2ccc3c(c2)CC(=O)N3)CC1. The number of sulfonamides is 1. The molecular formula is C18H25N3O4S. The van der Waals surface area contributed by atoms with Gasteiger partial charge in [-0.15, -0.1) is 0 Å². The molecule has 2 N–H and O–H groups in total. The molecule has 0 saturated carbocycles. The van der Waals surface area contributed by atoms with E-state index in [4.69, 9.17) is 0 Å². The monoisotopic (exact) mass is 379 g/mol. The summed E-state index contributed by atoms with van der Waals surface area (Å²) in [6.07, 6.45) is 3.25. The van der Waals surface area contributed by atoms with Gasteiger partial charge in [0.1, 0.15) is 0 Å². The number of carbonyl (C=O) groups excluding carboxylic acids is 2. The average molecular weight is 379 g/mol. The summed E-state index contributed by atoms with van der Waals surface area (Å²) >= 11 is 0. The number of nitrogens with zero attached hydrogens (tertiary/aromatic N) is 1. The minimum atomic E-state index is -3.61. The van der Waals surface area contributed by atoms with Gasteiger partial charge in [0.25, 0.3) is 0 Å². The summed E-state index contributed by atoms with van der Waals surface area (Å²) in [5.41, 5.74) is 1.39. The number of piperidine rings is 1. The van der Waals surface area contributed by atoms with Gasteiger partial charge in [-0.1, -0.05) is 13.3 Å². The Bertz CT molecular complexity index is 799. The number of hydrogen-bond donors (Lipinski definition) is 2. The normalized spacial score (nSPS) is 18.4. The van der Waals surface area contributed by atoms with E-state index in [0.717, 1.165) is 12.8 Å². The van der Waals surface area contributed by atoms with Gasteiger partial charge in [-0.3, -0.25) is 9.59 Å². The number of hydrogen-bond acceptors (Lipinski definition) is 4. The van der Waals surface area contributed by atoms with Crippen molar-refractivity contribution in [2.45, 2.75) is 43.9 Å². The van der Waals surface area contributed by atoms with Crippen LogP contribution in [0.3, 0.4) is 0 Å². The van der Waals surface area contributed by atoms with E-state index in [1.807, 2.05) is 0 Å². The van der Waals surface area contributed by atoms with Gasteiger partial charge in [-0.25, -0.2) is 8.42 Å². The molecular weight excluding hydrogens is 354 g/mol. The van der Waals surface area contributed by atoms with Gasteiger partial charge in [-0.2, -0.15) is 4.31 Å². The highest BCUT2D eigenvalue weighted by Crippen LogP contribution is 2.29. The van der Waals surface area contributed by atoms with E-state index in [0.29, 0.717) is 43.7 Å². The Labute approximate surface area is 154 Å². The molecule has 0 spiro atoms. The van der Waals surface area contributed by atoms with Crippen molar-refractivity contribution in [3.63, 3.8) is 0 Å². The van der Waals surface area contributed by atoms with Crippen LogP contribution in [0.4, 0.5) is 5.69 Å². The van der Waals surface area contributed by atoms with E-state index in [2.05, 4.69) is 17.6 Å². The second-order valence-corrected chi connectivity index (χ2v) is 8.80. The van der Waals surface area contributed by atoms with Crippen molar-refractivity contribution in [3.8, 4) is 0 Å². The van der Waals surface area contributed by atoms with E-state index in [1.54, 1.807) is 12.1 Å². The Morgan fingerprint density at radius 3 is 2.73 bits per heavy atom. The third-order valence-electron chi connectivity index (χ3n) is 4.99. The summed E-state index contributed by atoms with van der Waals surface area (Å²) < 4.78 is 27.2. The minimum Gasteiger partial charge on any atom is -0.356 e. The molecule has 1 saturated heterocycles. The maximum atomic E-state index is 12.9. The molecule has 2 amide bonds. The van der Waals surface area contributed by atoms with E-state index < -0.39 is 10.0 Å². The highest BCUT2D eigenvalue weighted by Gasteiger charge is 2.32. The molecule has 1 aromatic rings. The molecule has 2 aliphatic heterocycles. The topological polar surface area (TPSA) is 95.6 Å². The van der Waals surface area contributed by atoms with Crippen LogP contribution in [0.5, 0.6) is 0 Å². The summed E-state index contributed by atoms with van der Waals surface area (Å²) in [6, 6.07) is 4.75. The molecule has 2 heterocycles. The lowest BCUT2D eigenvalue weighted by Gasteiger charge is -2.30. The zero-order valence-electron chi connectivity index (χ0n) is 15.0. The number of unbranched alkanes of at least 4 members (excludes halogenated alkanes) is 1. The lowest BCUT2D eigenvalue weighted by Crippen LogP contribution is -2.43. The molecule has 8 heteroatoms. The maximum absolute atomic E-state index is 12.9. The summed E-state index contributed by atoms with van der Waals surface area (Å²) in [7, 11) is -3.61. The number of amides is 2. The summed E-state index contributed by atoms with van der Waals surface area (Å²) in [5, 5.41) is 5.63. The second kappa shape index (κ2) is 7.75. The highest BCUT2D eigenvalue weighted by molar-refractivity contribution is 7.89. The molecule has 1 fully saturated rings. The van der Waals surface area contributed by atoms with Crippen LogP contribution in [0.25, 0.3) is 0 Å². The second-order valence-electron chi connectivity index (χ2n) is 6.87. The molecule has 0 bridgehead atoms. The molecule has 1 aromatic carbocycles. The molecule has 3 rings (SSSR count). The Balaban J connectivity index is 1.63. The fourth-order valence-electron chi connectivity index (χ4n) is 3.41. The molecule has 0 unspecified atom stereocenters. The van der Waals surface area contributed by atoms with Gasteiger partial charge in [-0.05, 0) is 43.0 Å². The van der Waals surface area contributed by atoms with Crippen molar-refractivity contribution in [2.75, 3.05) is 25.0 Å². The fraction of sp³-hybridized carbons (Fsp3) is 0.556. The quantitative estimate of drug-likeness (QED) is 0.732. The van der Waals surface area contributed by atoms with E-state index in [9.17, 15) is 18.0 Å². The standard InChI is InChI=1S/C18H25N3O4S/c1-2-3-8-19-18(23)13-6-9-21(10-7-13)26(24,25)15-4-5-16-14(11-15)12-17(22)20-16/h4-5,11,13H,2-3,6-10,12H2,1H3,(H,19,23)(H,20,22). The Kier molecular flexibility index (Phi) is 5.62. The van der Waals surface area contributed by atoms with Crippen LogP contribution in [0.2, 0.25) is 0 Å². The largest absolute Gasteiger partial charge is 0.356 e. The van der Waals surface area contributed by atoms with Crippen LogP contribution >= 0.6 is 0 Å². The molecule has 142 valence electrons. The van der Waals surface area contributed by atoms with Crippen molar-refractivity contribution in [1.29, 1.82) is 0 Å². The third kappa shape index (κ3) is 3.91. The first-order chi connectivity index (χ1) is 12.4. The molecule has 7 nitrogen and oxygen atoms in total. The highest BCUT2D eigenvalue weighted by atomic mass is 32.2. The molecule has 0 atom stereocenters. The smallest absolute Gasteiger partial charge is 0.243 e. The lowest BCUT2D eigenvalue weighted by molar-refractivity contribution is -0.126. The number of carbonyl (C=O) groups is 2. The van der Waals surface area contributed by atoms with E-state index in [1.165, 1.54) is 10.4 Å². The fourth-order valence-corrected chi connectivity index (χ4v) is 4.93. The zero-order chi connectivity index (χ0) is 18.7. The minimum absolute atomic E-state index is 0.0256. The molecule has 26 heavy (non-hydrogen) atoms. The summed E-state index contributed by atoms with van der Waals surface area (Å²) in [4.78, 5) is 23.8. The Hall–Kier alpha value is -1.93. The Morgan fingerprint density at radius 2 is 2.04 bits per heavy atom. The molecule has 0 aromatic heterocycles. The van der Waals surface area contributed by atoms with Crippen LogP contribution < -0.4 is 10.6 Å². The number of benzene rings is 1. The first-order valence-corrected chi connectivity index (χ1v) is 10.6. The van der Waals surface area contributed by atoms with Gasteiger partial charge < -0.3 is 10.6 Å². The van der Waals surface area contributed by atoms with E-state index >= 15 is 0 Å². The van der Waals surface area contributed by atoms with Crippen molar-refractivity contribution in [3.05, 3.63) is 23.8 Å². The Morgan fingerprint density at radius 1 is 1.31 bits per heavy atom. The predicted octanol–water partition coefficient (Wildman–Crippen LogP) is 1.50. The molecule has 0 radical (unpaired) electrons. The van der Waals surface area contributed by atoms with Gasteiger partial charge in [0.15, 0.2) is 0 Å². The van der Waals surface area contributed by atoms with Crippen molar-refractivity contribution in [1.82, 2.24) is 9.62 Å². The predicted molar refractivity (Wildman–Crippen MR) is 98.2 cm³/mol. The maximum Gasteiger partial charge on any atom is 0.243 e. The molecule has 0 aliphatic carbocycles. The van der Waals surface area contributed by atoms with Crippen LogP contribution in [0.15, 0.2) is 23.1 Å². The molecule has 2 aliphatic rings. The van der Waals surface area contributed by atoms with Crippen molar-refractivity contribution >= 4 is 27.5 Å². The van der Waals surface area contributed by atoms with Crippen LogP contribution in [-0.2, 0) is 26.0 Å². The number of rotatable bonds is 6. The first-order valence-electron chi connectivity index (χ1n) is 9.12. The van der Waals surface area contributed by atoms with Crippen LogP contribution in [0, 0.1) is 5.92 Å². The summed E-state index contributed by atoms with van der Waals surface area (Å²) in [5.74, 6) is -0.220. The van der Waals surface area contributed by atoms with Gasteiger partial charge >= 0.3 is 0 Å². The number of anilines is 1. The van der Waals surface area contributed by atoms with E-state index in [-0.39, 0.29) is 29.0 Å². The lowest BCUT2D eigenvalue weighted by atomic mass is 9.97. The average Bonchev–Trinajstić information content (AvgIpc) is 3.01. The van der Waals surface area contributed by atoms with Crippen molar-refractivity contribution in [2.24, 2.45) is 5.92 Å². The number of nitrogens with one attached hydrogen (secondary N) is 2. The third-order valence-corrected chi connectivity index (χ3v) is 6.89. The summed E-state index contributed by atoms with van der Waals surface area (Å²) in [6.45, 7) is 3.42. The van der Waals surface area contributed by atoms with Crippen LogP contribution in [0.1, 0.15) is 38.2 Å².